The Labute approximate surface area is 201 Å². The standard InChI is InChI=1S/C25H26BrN3O4/c1-3-31-23-16-19(17-27-29-25(30)28-20-7-5-4-6-8-20)15-22(26)24(23)33-14-13-32-21-11-9-18(2)10-12-21/h4-12,15-17H,3,13-14H2,1-2H3,(H2,28,29,30)/b27-17+. The van der Waals surface area contributed by atoms with Crippen molar-refractivity contribution in [3.8, 4) is 17.2 Å². The molecule has 3 aromatic carbocycles. The number of hydrogen-bond donors (Lipinski definition) is 2. The van der Waals surface area contributed by atoms with Gasteiger partial charge in [-0.2, -0.15) is 5.10 Å². The molecule has 0 bridgehead atoms. The molecule has 33 heavy (non-hydrogen) atoms. The molecule has 0 saturated carbocycles. The van der Waals surface area contributed by atoms with Crippen LogP contribution in [0, 0.1) is 6.92 Å². The normalized spacial score (nSPS) is 10.6. The number of nitrogens with one attached hydrogen (secondary N) is 2. The van der Waals surface area contributed by atoms with Gasteiger partial charge in [-0.15, -0.1) is 0 Å². The van der Waals surface area contributed by atoms with Crippen molar-refractivity contribution >= 4 is 33.9 Å². The lowest BCUT2D eigenvalue weighted by Crippen LogP contribution is -2.24. The Kier molecular flexibility index (Phi) is 9.14. The number of halogens is 1. The number of aryl methyl sites for hydroxylation is 1. The molecule has 0 fully saturated rings. The van der Waals surface area contributed by atoms with Gasteiger partial charge in [-0.1, -0.05) is 35.9 Å². The third kappa shape index (κ3) is 7.84. The number of hydrogen-bond acceptors (Lipinski definition) is 5. The average molecular weight is 512 g/mol. The Hall–Kier alpha value is -3.52. The van der Waals surface area contributed by atoms with Gasteiger partial charge in [0.2, 0.25) is 0 Å². The number of anilines is 1. The first kappa shape index (κ1) is 24.1. The highest BCUT2D eigenvalue weighted by molar-refractivity contribution is 9.10. The summed E-state index contributed by atoms with van der Waals surface area (Å²) in [6.45, 7) is 5.14. The zero-order chi connectivity index (χ0) is 23.5. The summed E-state index contributed by atoms with van der Waals surface area (Å²) in [5, 5.41) is 6.69. The predicted molar refractivity (Wildman–Crippen MR) is 134 cm³/mol. The van der Waals surface area contributed by atoms with Gasteiger partial charge in [0.15, 0.2) is 11.5 Å². The van der Waals surface area contributed by atoms with Gasteiger partial charge in [-0.25, -0.2) is 10.2 Å². The second kappa shape index (κ2) is 12.5. The van der Waals surface area contributed by atoms with Crippen LogP contribution in [-0.2, 0) is 0 Å². The molecule has 0 radical (unpaired) electrons. The lowest BCUT2D eigenvalue weighted by Gasteiger charge is -2.15. The van der Waals surface area contributed by atoms with Crippen molar-refractivity contribution in [2.45, 2.75) is 13.8 Å². The number of nitrogens with zero attached hydrogens (tertiary/aromatic N) is 1. The maximum Gasteiger partial charge on any atom is 0.339 e. The Balaban J connectivity index is 1.57. The van der Waals surface area contributed by atoms with Gasteiger partial charge in [0.1, 0.15) is 19.0 Å². The van der Waals surface area contributed by atoms with Crippen LogP contribution < -0.4 is 25.0 Å². The van der Waals surface area contributed by atoms with Gasteiger partial charge in [-0.05, 0) is 71.7 Å². The highest BCUT2D eigenvalue weighted by atomic mass is 79.9. The molecule has 172 valence electrons. The van der Waals surface area contributed by atoms with Crippen molar-refractivity contribution < 1.29 is 19.0 Å². The molecule has 7 nitrogen and oxygen atoms in total. The minimum absolute atomic E-state index is 0.348. The van der Waals surface area contributed by atoms with Gasteiger partial charge < -0.3 is 19.5 Å². The number of rotatable bonds is 10. The van der Waals surface area contributed by atoms with E-state index >= 15 is 0 Å². The first-order valence-electron chi connectivity index (χ1n) is 10.5. The van der Waals surface area contributed by atoms with Crippen molar-refractivity contribution in [1.82, 2.24) is 5.43 Å². The molecule has 0 heterocycles. The Morgan fingerprint density at radius 3 is 2.45 bits per heavy atom. The van der Waals surface area contributed by atoms with Crippen LogP contribution in [0.3, 0.4) is 0 Å². The molecule has 0 atom stereocenters. The van der Waals surface area contributed by atoms with Crippen LogP contribution >= 0.6 is 15.9 Å². The van der Waals surface area contributed by atoms with E-state index < -0.39 is 6.03 Å². The number of carbonyl (C=O) groups is 1. The van der Waals surface area contributed by atoms with E-state index in [0.717, 1.165) is 11.3 Å². The quantitative estimate of drug-likeness (QED) is 0.205. The fourth-order valence-corrected chi connectivity index (χ4v) is 3.42. The predicted octanol–water partition coefficient (Wildman–Crippen LogP) is 5.77. The maximum absolute atomic E-state index is 12.0. The van der Waals surface area contributed by atoms with Crippen molar-refractivity contribution in [3.63, 3.8) is 0 Å². The lowest BCUT2D eigenvalue weighted by atomic mass is 10.2. The van der Waals surface area contributed by atoms with Crippen LogP contribution in [0.1, 0.15) is 18.1 Å². The average Bonchev–Trinajstić information content (AvgIpc) is 2.80. The number of hydrazone groups is 1. The summed E-state index contributed by atoms with van der Waals surface area (Å²) in [5.74, 6) is 1.94. The summed E-state index contributed by atoms with van der Waals surface area (Å²) >= 11 is 3.53. The Bertz CT molecular complexity index is 1070. The molecule has 0 aliphatic rings. The van der Waals surface area contributed by atoms with E-state index in [0.29, 0.717) is 41.5 Å². The van der Waals surface area contributed by atoms with Crippen LogP contribution in [0.4, 0.5) is 10.5 Å². The van der Waals surface area contributed by atoms with E-state index in [4.69, 9.17) is 14.2 Å². The van der Waals surface area contributed by atoms with Crippen molar-refractivity contribution in [2.24, 2.45) is 5.10 Å². The van der Waals surface area contributed by atoms with E-state index in [9.17, 15) is 4.79 Å². The molecule has 8 heteroatoms. The largest absolute Gasteiger partial charge is 0.490 e. The number of amides is 2. The number of urea groups is 1. The van der Waals surface area contributed by atoms with Crippen molar-refractivity contribution in [2.75, 3.05) is 25.1 Å². The Morgan fingerprint density at radius 2 is 1.73 bits per heavy atom. The molecule has 0 saturated heterocycles. The topological polar surface area (TPSA) is 81.2 Å². The minimum atomic E-state index is -0.435. The summed E-state index contributed by atoms with van der Waals surface area (Å²) in [5.41, 5.74) is 5.03. The van der Waals surface area contributed by atoms with E-state index in [1.807, 2.05) is 62.4 Å². The third-order valence-corrected chi connectivity index (χ3v) is 4.95. The first-order chi connectivity index (χ1) is 16.0. The van der Waals surface area contributed by atoms with Crippen molar-refractivity contribution in [3.05, 3.63) is 82.3 Å². The molecule has 3 rings (SSSR count). The fourth-order valence-electron chi connectivity index (χ4n) is 2.85. The first-order valence-corrected chi connectivity index (χ1v) is 11.3. The van der Waals surface area contributed by atoms with Crippen LogP contribution in [0.15, 0.2) is 76.3 Å². The maximum atomic E-state index is 12.0. The number of ether oxygens (including phenoxy) is 3. The third-order valence-electron chi connectivity index (χ3n) is 4.36. The summed E-state index contributed by atoms with van der Waals surface area (Å²) in [7, 11) is 0. The molecular weight excluding hydrogens is 486 g/mol. The minimum Gasteiger partial charge on any atom is -0.490 e. The molecule has 0 aromatic heterocycles. The summed E-state index contributed by atoms with van der Waals surface area (Å²) in [4.78, 5) is 12.0. The fraction of sp³-hybridized carbons (Fsp3) is 0.200. The van der Waals surface area contributed by atoms with E-state index in [2.05, 4.69) is 31.8 Å². The lowest BCUT2D eigenvalue weighted by molar-refractivity contribution is 0.207. The summed E-state index contributed by atoms with van der Waals surface area (Å²) in [6.07, 6.45) is 1.53. The van der Waals surface area contributed by atoms with Crippen molar-refractivity contribution in [1.29, 1.82) is 0 Å². The van der Waals surface area contributed by atoms with Crippen LogP contribution in [0.5, 0.6) is 17.2 Å². The highest BCUT2D eigenvalue weighted by Gasteiger charge is 2.12. The molecule has 0 aliphatic carbocycles. The molecule has 0 unspecified atom stereocenters. The highest BCUT2D eigenvalue weighted by Crippen LogP contribution is 2.36. The number of carbonyl (C=O) groups excluding carboxylic acids is 1. The Morgan fingerprint density at radius 1 is 1.00 bits per heavy atom. The second-order valence-electron chi connectivity index (χ2n) is 6.96. The summed E-state index contributed by atoms with van der Waals surface area (Å²) in [6, 6.07) is 20.2. The SMILES string of the molecule is CCOc1cc(/C=N/NC(=O)Nc2ccccc2)cc(Br)c1OCCOc1ccc(C)cc1. The van der Waals surface area contributed by atoms with Gasteiger partial charge in [-0.3, -0.25) is 0 Å². The zero-order valence-electron chi connectivity index (χ0n) is 18.5. The zero-order valence-corrected chi connectivity index (χ0v) is 20.1. The molecule has 3 aromatic rings. The van der Waals surface area contributed by atoms with E-state index in [1.54, 1.807) is 18.2 Å². The van der Waals surface area contributed by atoms with Gasteiger partial charge in [0.25, 0.3) is 0 Å². The van der Waals surface area contributed by atoms with Gasteiger partial charge >= 0.3 is 6.03 Å². The van der Waals surface area contributed by atoms with E-state index in [1.165, 1.54) is 11.8 Å². The number of para-hydroxylation sites is 1. The van der Waals surface area contributed by atoms with Crippen LogP contribution in [0.25, 0.3) is 0 Å². The number of benzene rings is 3. The van der Waals surface area contributed by atoms with E-state index in [-0.39, 0.29) is 0 Å². The van der Waals surface area contributed by atoms with Gasteiger partial charge in [0.05, 0.1) is 17.3 Å². The summed E-state index contributed by atoms with van der Waals surface area (Å²) < 4.78 is 18.1. The molecule has 2 N–H and O–H groups in total. The molecule has 2 amide bonds. The van der Waals surface area contributed by atoms with Crippen LogP contribution in [0.2, 0.25) is 0 Å². The smallest absolute Gasteiger partial charge is 0.339 e. The monoisotopic (exact) mass is 511 g/mol. The second-order valence-corrected chi connectivity index (χ2v) is 7.82. The molecule has 0 aliphatic heterocycles. The van der Waals surface area contributed by atoms with Gasteiger partial charge in [0, 0.05) is 5.69 Å². The molecular formula is C25H26BrN3O4. The molecule has 0 spiro atoms. The van der Waals surface area contributed by atoms with Crippen LogP contribution in [-0.4, -0.2) is 32.1 Å².